The summed E-state index contributed by atoms with van der Waals surface area (Å²) in [5.41, 5.74) is 3.38. The Hall–Kier alpha value is -1.92. The maximum Gasteiger partial charge on any atom is 0.240 e. The Morgan fingerprint density at radius 1 is 1.11 bits per heavy atom. The van der Waals surface area contributed by atoms with E-state index in [-0.39, 0.29) is 23.6 Å². The molecular formula is C21H34N4O3. The van der Waals surface area contributed by atoms with Gasteiger partial charge in [-0.25, -0.2) is 5.43 Å². The number of nitrogens with one attached hydrogen (secondary N) is 2. The molecular weight excluding hydrogens is 356 g/mol. The molecule has 0 unspecified atom stereocenters. The van der Waals surface area contributed by atoms with Gasteiger partial charge in [0.1, 0.15) is 0 Å². The van der Waals surface area contributed by atoms with Crippen molar-refractivity contribution in [2.24, 2.45) is 22.9 Å². The van der Waals surface area contributed by atoms with Crippen molar-refractivity contribution >= 4 is 23.4 Å². The first-order chi connectivity index (χ1) is 13.5. The first-order valence-corrected chi connectivity index (χ1v) is 10.9. The largest absolute Gasteiger partial charge is 0.356 e. The van der Waals surface area contributed by atoms with Gasteiger partial charge >= 0.3 is 0 Å². The predicted octanol–water partition coefficient (Wildman–Crippen LogP) is 2.21. The van der Waals surface area contributed by atoms with Crippen LogP contribution in [0, 0.1) is 17.8 Å². The number of likely N-dealkylation sites (tertiary alicyclic amines) is 1. The zero-order chi connectivity index (χ0) is 19.9. The van der Waals surface area contributed by atoms with E-state index in [4.69, 9.17) is 0 Å². The molecule has 1 saturated heterocycles. The van der Waals surface area contributed by atoms with Crippen LogP contribution in [0.3, 0.4) is 0 Å². The third-order valence-electron chi connectivity index (χ3n) is 6.53. The number of amides is 3. The highest BCUT2D eigenvalue weighted by Crippen LogP contribution is 2.28. The van der Waals surface area contributed by atoms with Crippen LogP contribution in [0.4, 0.5) is 0 Å². The van der Waals surface area contributed by atoms with Gasteiger partial charge in [-0.2, -0.15) is 5.10 Å². The fourth-order valence-electron chi connectivity index (χ4n) is 4.40. The van der Waals surface area contributed by atoms with E-state index in [2.05, 4.69) is 22.8 Å². The molecule has 0 aromatic rings. The zero-order valence-corrected chi connectivity index (χ0v) is 17.0. The van der Waals surface area contributed by atoms with Crippen LogP contribution in [-0.2, 0) is 14.4 Å². The predicted molar refractivity (Wildman–Crippen MR) is 107 cm³/mol. The first-order valence-electron chi connectivity index (χ1n) is 10.9. The molecule has 7 heteroatoms. The molecule has 0 spiro atoms. The van der Waals surface area contributed by atoms with Crippen molar-refractivity contribution in [3.63, 3.8) is 0 Å². The number of hydrogen-bond acceptors (Lipinski definition) is 4. The molecule has 28 heavy (non-hydrogen) atoms. The van der Waals surface area contributed by atoms with E-state index in [0.29, 0.717) is 31.6 Å². The minimum Gasteiger partial charge on any atom is -0.356 e. The molecule has 1 saturated carbocycles. The van der Waals surface area contributed by atoms with Gasteiger partial charge in [0.2, 0.25) is 17.7 Å². The van der Waals surface area contributed by atoms with Gasteiger partial charge in [-0.15, -0.1) is 0 Å². The summed E-state index contributed by atoms with van der Waals surface area (Å²) in [6, 6.07) is 0. The van der Waals surface area contributed by atoms with Crippen LogP contribution in [-0.4, -0.2) is 48.0 Å². The lowest BCUT2D eigenvalue weighted by atomic mass is 9.82. The van der Waals surface area contributed by atoms with Crippen molar-refractivity contribution in [3.8, 4) is 0 Å². The first kappa shape index (κ1) is 20.8. The van der Waals surface area contributed by atoms with Crippen molar-refractivity contribution in [1.82, 2.24) is 15.6 Å². The Labute approximate surface area is 167 Å². The van der Waals surface area contributed by atoms with Gasteiger partial charge in [0.15, 0.2) is 0 Å². The number of nitrogens with zero attached hydrogens (tertiary/aromatic N) is 2. The number of rotatable bonds is 6. The molecule has 0 aromatic carbocycles. The number of carbonyl (C=O) groups is 3. The molecule has 3 aliphatic rings. The van der Waals surface area contributed by atoms with Gasteiger partial charge < -0.3 is 10.2 Å². The molecule has 0 aromatic heterocycles. The van der Waals surface area contributed by atoms with Crippen LogP contribution in [0.15, 0.2) is 5.10 Å². The van der Waals surface area contributed by atoms with E-state index in [9.17, 15) is 14.4 Å². The summed E-state index contributed by atoms with van der Waals surface area (Å²) in [7, 11) is 0. The maximum absolute atomic E-state index is 12.4. The summed E-state index contributed by atoms with van der Waals surface area (Å²) in [5, 5.41) is 7.19. The van der Waals surface area contributed by atoms with Crippen molar-refractivity contribution in [3.05, 3.63) is 0 Å². The third kappa shape index (κ3) is 6.04. The van der Waals surface area contributed by atoms with E-state index >= 15 is 0 Å². The molecule has 3 rings (SSSR count). The van der Waals surface area contributed by atoms with Gasteiger partial charge in [-0.05, 0) is 63.2 Å². The highest BCUT2D eigenvalue weighted by molar-refractivity contribution is 5.94. The maximum atomic E-state index is 12.4. The van der Waals surface area contributed by atoms with Gasteiger partial charge in [-0.3, -0.25) is 14.4 Å². The quantitative estimate of drug-likeness (QED) is 0.728. The van der Waals surface area contributed by atoms with Gasteiger partial charge in [-0.1, -0.05) is 6.92 Å². The normalized spacial score (nSPS) is 26.4. The third-order valence-corrected chi connectivity index (χ3v) is 6.53. The summed E-state index contributed by atoms with van der Waals surface area (Å²) < 4.78 is 0. The average Bonchev–Trinajstić information content (AvgIpc) is 2.72. The lowest BCUT2D eigenvalue weighted by Crippen LogP contribution is -2.42. The Kier molecular flexibility index (Phi) is 7.45. The van der Waals surface area contributed by atoms with E-state index in [0.717, 1.165) is 69.8 Å². The van der Waals surface area contributed by atoms with Crippen LogP contribution in [0.5, 0.6) is 0 Å². The molecule has 7 nitrogen and oxygen atoms in total. The molecule has 3 amide bonds. The minimum absolute atomic E-state index is 0.0534. The molecule has 2 N–H and O–H groups in total. The van der Waals surface area contributed by atoms with Gasteiger partial charge in [0, 0.05) is 44.1 Å². The smallest absolute Gasteiger partial charge is 0.240 e. The molecule has 0 atom stereocenters. The van der Waals surface area contributed by atoms with E-state index in [1.54, 1.807) is 0 Å². The molecule has 0 radical (unpaired) electrons. The standard InChI is InChI=1S/C21H34N4O3/c1-15-2-4-17(5-3-15)21(28)22-14-16-10-12-25(13-11-16)20(27)9-7-18-6-8-19(26)24-23-18/h15-17H,2-14H2,1H3,(H,22,28)(H,24,26). The number of piperidine rings is 1. The van der Waals surface area contributed by atoms with Crippen molar-refractivity contribution < 1.29 is 14.4 Å². The second-order valence-corrected chi connectivity index (χ2v) is 8.74. The van der Waals surface area contributed by atoms with E-state index < -0.39 is 0 Å². The lowest BCUT2D eigenvalue weighted by Gasteiger charge is -2.33. The Morgan fingerprint density at radius 2 is 1.82 bits per heavy atom. The molecule has 156 valence electrons. The summed E-state index contributed by atoms with van der Waals surface area (Å²) in [6.07, 6.45) is 8.46. The summed E-state index contributed by atoms with van der Waals surface area (Å²) in [4.78, 5) is 37.8. The van der Waals surface area contributed by atoms with Gasteiger partial charge in [0.05, 0.1) is 0 Å². The Morgan fingerprint density at radius 3 is 2.46 bits per heavy atom. The average molecular weight is 391 g/mol. The zero-order valence-electron chi connectivity index (χ0n) is 17.0. The fourth-order valence-corrected chi connectivity index (χ4v) is 4.40. The topological polar surface area (TPSA) is 90.9 Å². The van der Waals surface area contributed by atoms with Gasteiger partial charge in [0.25, 0.3) is 0 Å². The molecule has 1 aliphatic carbocycles. The SMILES string of the molecule is CC1CCC(C(=O)NCC2CCN(C(=O)CCC3=NNC(=O)CC3)CC2)CC1. The van der Waals surface area contributed by atoms with Crippen LogP contribution in [0.2, 0.25) is 0 Å². The Balaban J connectivity index is 1.31. The summed E-state index contributed by atoms with van der Waals surface area (Å²) >= 11 is 0. The number of hydrogen-bond donors (Lipinski definition) is 2. The second-order valence-electron chi connectivity index (χ2n) is 8.74. The number of hydrazone groups is 1. The lowest BCUT2D eigenvalue weighted by molar-refractivity contribution is -0.133. The molecule has 0 bridgehead atoms. The van der Waals surface area contributed by atoms with Crippen LogP contribution in [0.25, 0.3) is 0 Å². The monoisotopic (exact) mass is 390 g/mol. The minimum atomic E-state index is -0.0534. The Bertz CT molecular complexity index is 603. The molecule has 2 aliphatic heterocycles. The van der Waals surface area contributed by atoms with Crippen molar-refractivity contribution in [1.29, 1.82) is 0 Å². The van der Waals surface area contributed by atoms with E-state index in [1.807, 2.05) is 4.90 Å². The van der Waals surface area contributed by atoms with Crippen molar-refractivity contribution in [2.45, 2.75) is 71.1 Å². The van der Waals surface area contributed by atoms with Crippen LogP contribution < -0.4 is 10.7 Å². The number of carbonyl (C=O) groups excluding carboxylic acids is 3. The molecule has 2 fully saturated rings. The second kappa shape index (κ2) is 10.0. The highest BCUT2D eigenvalue weighted by atomic mass is 16.2. The van der Waals surface area contributed by atoms with Crippen LogP contribution >= 0.6 is 0 Å². The fraction of sp³-hybridized carbons (Fsp3) is 0.810. The summed E-state index contributed by atoms with van der Waals surface area (Å²) in [6.45, 7) is 4.54. The summed E-state index contributed by atoms with van der Waals surface area (Å²) in [5.74, 6) is 1.76. The van der Waals surface area contributed by atoms with Crippen LogP contribution in [0.1, 0.15) is 71.1 Å². The highest BCUT2D eigenvalue weighted by Gasteiger charge is 2.27. The molecule has 2 heterocycles. The van der Waals surface area contributed by atoms with Crippen molar-refractivity contribution in [2.75, 3.05) is 19.6 Å². The van der Waals surface area contributed by atoms with E-state index in [1.165, 1.54) is 0 Å².